The Morgan fingerprint density at radius 3 is 2.22 bits per heavy atom. The molecule has 1 aliphatic rings. The maximum atomic E-state index is 6.63. The van der Waals surface area contributed by atoms with E-state index in [0.717, 1.165) is 45.7 Å². The SMILES string of the molecule is CCCCCc1ccc(Nc2ccccc2-c2cc(-c3ccc(C(C)(C)C)cc3)c3c4ccccc4n4c3c2[B]c2oc3ccccc3c2-4)cc1. The van der Waals surface area contributed by atoms with Crippen LogP contribution in [0, 0.1) is 0 Å². The first-order chi connectivity index (χ1) is 24.9. The van der Waals surface area contributed by atoms with Crippen LogP contribution >= 0.6 is 0 Å². The molecule has 3 heterocycles. The fourth-order valence-corrected chi connectivity index (χ4v) is 7.99. The first-order valence-corrected chi connectivity index (χ1v) is 18.4. The Balaban J connectivity index is 1.29. The number of para-hydroxylation sites is 3. The van der Waals surface area contributed by atoms with Crippen LogP contribution in [0.5, 0.6) is 0 Å². The smallest absolute Gasteiger partial charge is 0.247 e. The van der Waals surface area contributed by atoms with E-state index in [-0.39, 0.29) is 5.41 Å². The molecule has 249 valence electrons. The molecule has 2 aromatic heterocycles. The van der Waals surface area contributed by atoms with Crippen molar-refractivity contribution in [3.63, 3.8) is 0 Å². The van der Waals surface area contributed by atoms with Gasteiger partial charge >= 0.3 is 0 Å². The van der Waals surface area contributed by atoms with Gasteiger partial charge in [0.2, 0.25) is 7.28 Å². The number of nitrogens with zero attached hydrogens (tertiary/aromatic N) is 1. The predicted molar refractivity (Wildman–Crippen MR) is 218 cm³/mol. The number of fused-ring (bicyclic) bond motifs is 7. The van der Waals surface area contributed by atoms with Crippen molar-refractivity contribution in [3.8, 4) is 27.9 Å². The first-order valence-electron chi connectivity index (χ1n) is 18.4. The number of aryl methyl sites for hydroxylation is 1. The molecule has 51 heavy (non-hydrogen) atoms. The number of rotatable bonds is 8. The summed E-state index contributed by atoms with van der Waals surface area (Å²) in [6.07, 6.45) is 4.87. The zero-order valence-corrected chi connectivity index (χ0v) is 29.9. The minimum absolute atomic E-state index is 0.0751. The first kappa shape index (κ1) is 31.5. The van der Waals surface area contributed by atoms with Crippen molar-refractivity contribution >= 4 is 62.6 Å². The minimum Gasteiger partial charge on any atom is -0.469 e. The van der Waals surface area contributed by atoms with Crippen molar-refractivity contribution in [2.75, 3.05) is 5.32 Å². The number of nitrogens with one attached hydrogen (secondary N) is 1. The molecule has 3 nitrogen and oxygen atoms in total. The van der Waals surface area contributed by atoms with Gasteiger partial charge in [-0.1, -0.05) is 125 Å². The molecule has 8 aromatic rings. The highest BCUT2D eigenvalue weighted by molar-refractivity contribution is 6.73. The summed E-state index contributed by atoms with van der Waals surface area (Å²) in [4.78, 5) is 0. The Morgan fingerprint density at radius 2 is 1.43 bits per heavy atom. The Kier molecular flexibility index (Phi) is 7.65. The molecule has 1 aliphatic heterocycles. The van der Waals surface area contributed by atoms with Gasteiger partial charge in [0.1, 0.15) is 5.58 Å². The second-order valence-corrected chi connectivity index (χ2v) is 15.1. The van der Waals surface area contributed by atoms with Gasteiger partial charge in [-0.3, -0.25) is 0 Å². The van der Waals surface area contributed by atoms with E-state index in [1.54, 1.807) is 0 Å². The number of unbranched alkanes of at least 4 members (excludes halogenated alkanes) is 2. The van der Waals surface area contributed by atoms with Gasteiger partial charge in [-0.15, -0.1) is 0 Å². The van der Waals surface area contributed by atoms with E-state index in [1.807, 2.05) is 0 Å². The quantitative estimate of drug-likeness (QED) is 0.130. The molecule has 9 rings (SSSR count). The summed E-state index contributed by atoms with van der Waals surface area (Å²) >= 11 is 0. The van der Waals surface area contributed by atoms with Gasteiger partial charge in [0.25, 0.3) is 0 Å². The second-order valence-electron chi connectivity index (χ2n) is 15.1. The van der Waals surface area contributed by atoms with E-state index in [9.17, 15) is 0 Å². The van der Waals surface area contributed by atoms with E-state index >= 15 is 0 Å². The summed E-state index contributed by atoms with van der Waals surface area (Å²) in [5.41, 5.74) is 16.2. The van der Waals surface area contributed by atoms with Crippen LogP contribution in [0.2, 0.25) is 0 Å². The zero-order chi connectivity index (χ0) is 34.7. The largest absolute Gasteiger partial charge is 0.469 e. The Labute approximate surface area is 301 Å². The summed E-state index contributed by atoms with van der Waals surface area (Å²) in [7, 11) is 2.28. The third-order valence-corrected chi connectivity index (χ3v) is 10.7. The van der Waals surface area contributed by atoms with Crippen molar-refractivity contribution in [3.05, 3.63) is 139 Å². The standard InChI is InChI=1S/C47H42BN2O/c1-5-6-7-14-30-21-27-33(28-22-30)49-39-18-11-8-15-34(39)38-29-37(31-23-25-32(26-24-31)47(2,3)4)42-35-16-9-12-19-40(35)50-44-36-17-10-13-20-41(36)51-46(44)48-43(38)45(42)50/h8-13,15-29,49H,5-7,14H2,1-4H3. The summed E-state index contributed by atoms with van der Waals surface area (Å²) in [6, 6.07) is 46.6. The normalized spacial score (nSPS) is 12.4. The van der Waals surface area contributed by atoms with Gasteiger partial charge in [0, 0.05) is 38.6 Å². The molecule has 0 fully saturated rings. The maximum absolute atomic E-state index is 6.63. The summed E-state index contributed by atoms with van der Waals surface area (Å²) in [5.74, 6) is 0. The number of hydrogen-bond acceptors (Lipinski definition) is 2. The van der Waals surface area contributed by atoms with Gasteiger partial charge in [-0.2, -0.15) is 0 Å². The zero-order valence-electron chi connectivity index (χ0n) is 29.9. The monoisotopic (exact) mass is 661 g/mol. The van der Waals surface area contributed by atoms with Crippen LogP contribution < -0.4 is 16.4 Å². The number of anilines is 2. The summed E-state index contributed by atoms with van der Waals surface area (Å²) < 4.78 is 9.09. The lowest BCUT2D eigenvalue weighted by Crippen LogP contribution is -2.36. The van der Waals surface area contributed by atoms with E-state index < -0.39 is 0 Å². The van der Waals surface area contributed by atoms with Crippen LogP contribution in [0.25, 0.3) is 60.7 Å². The van der Waals surface area contributed by atoms with Gasteiger partial charge in [-0.25, -0.2) is 0 Å². The predicted octanol–water partition coefficient (Wildman–Crippen LogP) is 11.6. The van der Waals surface area contributed by atoms with Crippen molar-refractivity contribution < 1.29 is 4.42 Å². The summed E-state index contributed by atoms with van der Waals surface area (Å²) in [6.45, 7) is 9.09. The maximum Gasteiger partial charge on any atom is 0.247 e. The highest BCUT2D eigenvalue weighted by Gasteiger charge is 2.32. The molecular weight excluding hydrogens is 619 g/mol. The average Bonchev–Trinajstić information content (AvgIpc) is 3.69. The molecule has 0 spiro atoms. The van der Waals surface area contributed by atoms with E-state index in [4.69, 9.17) is 4.42 Å². The van der Waals surface area contributed by atoms with Crippen LogP contribution in [0.1, 0.15) is 58.1 Å². The molecule has 1 N–H and O–H groups in total. The second kappa shape index (κ2) is 12.4. The highest BCUT2D eigenvalue weighted by atomic mass is 16.3. The van der Waals surface area contributed by atoms with E-state index in [2.05, 4.69) is 172 Å². The van der Waals surface area contributed by atoms with Crippen LogP contribution in [0.4, 0.5) is 11.4 Å². The lowest BCUT2D eigenvalue weighted by molar-refractivity contribution is 0.590. The highest BCUT2D eigenvalue weighted by Crippen LogP contribution is 2.44. The molecule has 0 unspecified atom stereocenters. The lowest BCUT2D eigenvalue weighted by Gasteiger charge is -2.23. The van der Waals surface area contributed by atoms with Gasteiger partial charge < -0.3 is 14.3 Å². The molecule has 6 aromatic carbocycles. The molecule has 0 amide bonds. The molecule has 1 radical (unpaired) electrons. The van der Waals surface area contributed by atoms with Crippen LogP contribution in [-0.4, -0.2) is 11.8 Å². The number of hydrogen-bond donors (Lipinski definition) is 1. The molecule has 0 saturated carbocycles. The number of aromatic nitrogens is 1. The lowest BCUT2D eigenvalue weighted by atomic mass is 9.62. The molecule has 4 heteroatoms. The molecular formula is C47H42BN2O. The third kappa shape index (κ3) is 5.36. The minimum atomic E-state index is 0.0751. The third-order valence-electron chi connectivity index (χ3n) is 10.7. The van der Waals surface area contributed by atoms with Crippen molar-refractivity contribution in [1.29, 1.82) is 0 Å². The Hall–Kier alpha value is -5.48. The van der Waals surface area contributed by atoms with Crippen LogP contribution in [-0.2, 0) is 11.8 Å². The molecule has 0 saturated heterocycles. The van der Waals surface area contributed by atoms with Crippen LogP contribution in [0.15, 0.2) is 132 Å². The van der Waals surface area contributed by atoms with E-state index in [0.29, 0.717) is 0 Å². The van der Waals surface area contributed by atoms with Gasteiger partial charge in [0.15, 0.2) is 0 Å². The average molecular weight is 662 g/mol. The van der Waals surface area contributed by atoms with Crippen molar-refractivity contribution in [2.24, 2.45) is 0 Å². The van der Waals surface area contributed by atoms with Crippen molar-refractivity contribution in [2.45, 2.75) is 58.8 Å². The molecule has 0 bridgehead atoms. The van der Waals surface area contributed by atoms with E-state index in [1.165, 1.54) is 74.3 Å². The van der Waals surface area contributed by atoms with Gasteiger partial charge in [-0.05, 0) is 94.0 Å². The van der Waals surface area contributed by atoms with Crippen LogP contribution in [0.3, 0.4) is 0 Å². The summed E-state index contributed by atoms with van der Waals surface area (Å²) in [5, 5.41) is 7.44. The Bertz CT molecular complexity index is 2560. The van der Waals surface area contributed by atoms with Crippen molar-refractivity contribution in [1.82, 2.24) is 4.57 Å². The van der Waals surface area contributed by atoms with Gasteiger partial charge in [0.05, 0.1) is 16.9 Å². The fraction of sp³-hybridized carbons (Fsp3) is 0.191. The number of benzene rings is 6. The molecule has 0 atom stereocenters. The topological polar surface area (TPSA) is 30.1 Å². The molecule has 0 aliphatic carbocycles. The Morgan fingerprint density at radius 1 is 0.706 bits per heavy atom. The fourth-order valence-electron chi connectivity index (χ4n) is 7.99. The number of furan rings is 1.